The van der Waals surface area contributed by atoms with Gasteiger partial charge in [0, 0.05) is 20.0 Å². The lowest BCUT2D eigenvalue weighted by molar-refractivity contribution is -0.193. The van der Waals surface area contributed by atoms with E-state index in [4.69, 9.17) is 0 Å². The minimum Gasteiger partial charge on any atom is -0.453 e. The SMILES string of the molecule is CNC(=O)C(=O)[C@H](CCC(C)(F)F)NC(=O)[C@@H]1C[C@H](C(F)(F)F)CCN1C(=O)[C@@H](NC(=O)OC)C(C)(C)C. The molecular weight excluding hydrogens is 523 g/mol. The third kappa shape index (κ3) is 9.39. The Labute approximate surface area is 217 Å². The number of hydrogen-bond donors (Lipinski definition) is 3. The fourth-order valence-corrected chi connectivity index (χ4v) is 3.98. The van der Waals surface area contributed by atoms with Crippen LogP contribution in [0.5, 0.6) is 0 Å². The first kappa shape index (κ1) is 33.0. The third-order valence-corrected chi connectivity index (χ3v) is 6.17. The summed E-state index contributed by atoms with van der Waals surface area (Å²) in [6.07, 6.45) is -8.69. The zero-order valence-corrected chi connectivity index (χ0v) is 22.1. The first-order valence-corrected chi connectivity index (χ1v) is 11.9. The number of amides is 4. The Balaban J connectivity index is 3.39. The van der Waals surface area contributed by atoms with Gasteiger partial charge < -0.3 is 25.6 Å². The molecule has 0 aromatic carbocycles. The highest BCUT2D eigenvalue weighted by Crippen LogP contribution is 2.37. The van der Waals surface area contributed by atoms with E-state index < -0.39 is 103 Å². The molecule has 1 saturated heterocycles. The van der Waals surface area contributed by atoms with Crippen molar-refractivity contribution in [3.63, 3.8) is 0 Å². The molecule has 218 valence electrons. The fraction of sp³-hybridized carbons (Fsp3) is 0.783. The second-order valence-corrected chi connectivity index (χ2v) is 10.4. The maximum Gasteiger partial charge on any atom is 0.407 e. The molecule has 0 unspecified atom stereocenters. The van der Waals surface area contributed by atoms with E-state index in [0.717, 1.165) is 19.1 Å². The number of piperidine rings is 1. The molecule has 0 aromatic rings. The van der Waals surface area contributed by atoms with Gasteiger partial charge >= 0.3 is 12.3 Å². The largest absolute Gasteiger partial charge is 0.453 e. The van der Waals surface area contributed by atoms with Crippen molar-refractivity contribution >= 4 is 29.6 Å². The van der Waals surface area contributed by atoms with Crippen LogP contribution in [0.3, 0.4) is 0 Å². The number of carbonyl (C=O) groups is 5. The van der Waals surface area contributed by atoms with Gasteiger partial charge in [0.2, 0.25) is 23.5 Å². The predicted molar refractivity (Wildman–Crippen MR) is 124 cm³/mol. The normalized spacial score (nSPS) is 20.1. The van der Waals surface area contributed by atoms with E-state index in [-0.39, 0.29) is 0 Å². The Morgan fingerprint density at radius 1 is 1.00 bits per heavy atom. The number of alkyl carbamates (subject to hydrolysis) is 1. The predicted octanol–water partition coefficient (Wildman–Crippen LogP) is 2.16. The topological polar surface area (TPSA) is 134 Å². The van der Waals surface area contributed by atoms with Crippen molar-refractivity contribution in [3.8, 4) is 0 Å². The molecule has 0 saturated carbocycles. The standard InChI is InChI=1S/C23H35F5N4O6/c1-21(2,3)16(31-20(37)38-6)19(36)32-10-8-12(23(26,27)28)11-14(32)17(34)30-13(7-9-22(4,24)25)15(33)18(35)29-5/h12-14,16H,7-11H2,1-6H3,(H,29,35)(H,30,34)(H,31,37)/t12-,13+,14+,16-/m1/s1. The molecule has 1 heterocycles. The molecule has 38 heavy (non-hydrogen) atoms. The Morgan fingerprint density at radius 2 is 1.58 bits per heavy atom. The molecular formula is C23H35F5N4O6. The van der Waals surface area contributed by atoms with Gasteiger partial charge in [-0.1, -0.05) is 20.8 Å². The summed E-state index contributed by atoms with van der Waals surface area (Å²) in [6.45, 7) is 4.77. The first-order chi connectivity index (χ1) is 17.2. The van der Waals surface area contributed by atoms with E-state index in [1.807, 2.05) is 5.32 Å². The summed E-state index contributed by atoms with van der Waals surface area (Å²) in [5.41, 5.74) is -0.961. The molecule has 0 bridgehead atoms. The van der Waals surface area contributed by atoms with E-state index in [0.29, 0.717) is 6.92 Å². The fourth-order valence-electron chi connectivity index (χ4n) is 3.98. The van der Waals surface area contributed by atoms with Crippen LogP contribution < -0.4 is 16.0 Å². The molecule has 3 N–H and O–H groups in total. The Hall–Kier alpha value is -3.00. The maximum absolute atomic E-state index is 13.6. The number of nitrogens with zero attached hydrogens (tertiary/aromatic N) is 1. The quantitative estimate of drug-likeness (QED) is 0.293. The van der Waals surface area contributed by atoms with E-state index in [2.05, 4.69) is 15.4 Å². The molecule has 0 aliphatic carbocycles. The number of halogens is 5. The van der Waals surface area contributed by atoms with Crippen LogP contribution >= 0.6 is 0 Å². The summed E-state index contributed by atoms with van der Waals surface area (Å²) < 4.78 is 72.1. The van der Waals surface area contributed by atoms with Crippen molar-refractivity contribution in [1.82, 2.24) is 20.9 Å². The summed E-state index contributed by atoms with van der Waals surface area (Å²) in [5, 5.41) is 6.44. The molecule has 15 heteroatoms. The zero-order chi connectivity index (χ0) is 29.6. The minimum absolute atomic E-state index is 0.516. The molecule has 4 atom stereocenters. The number of likely N-dealkylation sites (N-methyl/N-ethyl adjacent to an activating group) is 1. The van der Waals surface area contributed by atoms with Crippen LogP contribution in [0.1, 0.15) is 53.4 Å². The van der Waals surface area contributed by atoms with Crippen molar-refractivity contribution in [2.45, 2.75) is 83.6 Å². The smallest absolute Gasteiger partial charge is 0.407 e. The first-order valence-electron chi connectivity index (χ1n) is 11.9. The lowest BCUT2D eigenvalue weighted by Crippen LogP contribution is -2.63. The molecule has 1 rings (SSSR count). The van der Waals surface area contributed by atoms with Gasteiger partial charge in [-0.25, -0.2) is 13.6 Å². The molecule has 10 nitrogen and oxygen atoms in total. The van der Waals surface area contributed by atoms with E-state index in [1.165, 1.54) is 0 Å². The Bertz CT molecular complexity index is 900. The van der Waals surface area contributed by atoms with Crippen LogP contribution in [0.4, 0.5) is 26.7 Å². The highest BCUT2D eigenvalue weighted by Gasteiger charge is 2.49. The molecule has 0 radical (unpaired) electrons. The summed E-state index contributed by atoms with van der Waals surface area (Å²) in [5.74, 6) is -9.81. The number of Topliss-reactive ketones (excluding diaryl/α,β-unsaturated/α-hetero) is 1. The van der Waals surface area contributed by atoms with Crippen molar-refractivity contribution in [3.05, 3.63) is 0 Å². The van der Waals surface area contributed by atoms with Crippen LogP contribution in [0.2, 0.25) is 0 Å². The van der Waals surface area contributed by atoms with Gasteiger partial charge in [-0.15, -0.1) is 0 Å². The van der Waals surface area contributed by atoms with Gasteiger partial charge in [0.05, 0.1) is 19.1 Å². The van der Waals surface area contributed by atoms with Crippen molar-refractivity contribution in [1.29, 1.82) is 0 Å². The second kappa shape index (κ2) is 12.7. The average Bonchev–Trinajstić information content (AvgIpc) is 2.80. The van der Waals surface area contributed by atoms with Crippen LogP contribution in [0, 0.1) is 11.3 Å². The van der Waals surface area contributed by atoms with Gasteiger partial charge in [0.1, 0.15) is 12.1 Å². The number of nitrogens with one attached hydrogen (secondary N) is 3. The number of ketones is 1. The number of likely N-dealkylation sites (tertiary alicyclic amines) is 1. The summed E-state index contributed by atoms with van der Waals surface area (Å²) in [4.78, 5) is 63.7. The van der Waals surface area contributed by atoms with Gasteiger partial charge in [-0.2, -0.15) is 13.2 Å². The highest BCUT2D eigenvalue weighted by molar-refractivity contribution is 6.38. The monoisotopic (exact) mass is 558 g/mol. The van der Waals surface area contributed by atoms with Crippen molar-refractivity contribution in [2.75, 3.05) is 20.7 Å². The number of rotatable bonds is 9. The van der Waals surface area contributed by atoms with E-state index in [9.17, 15) is 45.9 Å². The van der Waals surface area contributed by atoms with Crippen molar-refractivity contribution < 1.29 is 50.7 Å². The van der Waals surface area contributed by atoms with Crippen LogP contribution in [-0.4, -0.2) is 85.4 Å². The molecule has 0 spiro atoms. The summed E-state index contributed by atoms with van der Waals surface area (Å²) in [7, 11) is 2.15. The second-order valence-electron chi connectivity index (χ2n) is 10.4. The number of ether oxygens (including phenoxy) is 1. The van der Waals surface area contributed by atoms with Crippen LogP contribution in [-0.2, 0) is 23.9 Å². The van der Waals surface area contributed by atoms with Gasteiger partial charge in [-0.05, 0) is 31.6 Å². The van der Waals surface area contributed by atoms with Gasteiger partial charge in [-0.3, -0.25) is 19.2 Å². The van der Waals surface area contributed by atoms with Crippen LogP contribution in [0.25, 0.3) is 0 Å². The van der Waals surface area contributed by atoms with Crippen LogP contribution in [0.15, 0.2) is 0 Å². The maximum atomic E-state index is 13.6. The van der Waals surface area contributed by atoms with E-state index >= 15 is 0 Å². The lowest BCUT2D eigenvalue weighted by Gasteiger charge is -2.42. The lowest BCUT2D eigenvalue weighted by atomic mass is 9.83. The molecule has 1 aliphatic heterocycles. The van der Waals surface area contributed by atoms with E-state index in [1.54, 1.807) is 20.8 Å². The van der Waals surface area contributed by atoms with Crippen molar-refractivity contribution in [2.24, 2.45) is 11.3 Å². The van der Waals surface area contributed by atoms with Gasteiger partial charge in [0.15, 0.2) is 0 Å². The third-order valence-electron chi connectivity index (χ3n) is 6.17. The number of methoxy groups -OCH3 is 1. The average molecular weight is 559 g/mol. The summed E-state index contributed by atoms with van der Waals surface area (Å²) >= 11 is 0. The highest BCUT2D eigenvalue weighted by atomic mass is 19.4. The molecule has 1 fully saturated rings. The zero-order valence-electron chi connectivity index (χ0n) is 22.1. The molecule has 4 amide bonds. The minimum atomic E-state index is -4.71. The molecule has 0 aromatic heterocycles. The van der Waals surface area contributed by atoms with Gasteiger partial charge in [0.25, 0.3) is 5.91 Å². The number of hydrogen-bond acceptors (Lipinski definition) is 6. The summed E-state index contributed by atoms with van der Waals surface area (Å²) in [6, 6.07) is -4.85. The Kier molecular flexibility index (Phi) is 11.0. The number of carbonyl (C=O) groups excluding carboxylic acids is 5. The number of alkyl halides is 5. The molecule has 1 aliphatic rings. The Morgan fingerprint density at radius 3 is 2.03 bits per heavy atom.